The molecule has 0 saturated carbocycles. The highest BCUT2D eigenvalue weighted by Crippen LogP contribution is 2.35. The Bertz CT molecular complexity index is 1240. The predicted octanol–water partition coefficient (Wildman–Crippen LogP) is 1.48. The lowest BCUT2D eigenvalue weighted by atomic mass is 9.86. The van der Waals surface area contributed by atoms with E-state index in [1.54, 1.807) is 0 Å². The first kappa shape index (κ1) is 27.4. The number of oxime groups is 1. The molecule has 14 heteroatoms. The van der Waals surface area contributed by atoms with Gasteiger partial charge in [-0.2, -0.15) is 0 Å². The van der Waals surface area contributed by atoms with Crippen molar-refractivity contribution in [3.8, 4) is 11.3 Å². The molecule has 3 aliphatic rings. The van der Waals surface area contributed by atoms with Crippen LogP contribution in [0.15, 0.2) is 23.5 Å². The van der Waals surface area contributed by atoms with Crippen molar-refractivity contribution in [2.75, 3.05) is 19.7 Å². The lowest BCUT2D eigenvalue weighted by molar-refractivity contribution is -0.212. The molecular formula is C25H31F2N5O7. The number of piperidine rings is 1. The van der Waals surface area contributed by atoms with Crippen LogP contribution in [-0.2, 0) is 9.57 Å². The number of rotatable bonds is 6. The highest BCUT2D eigenvalue weighted by molar-refractivity contribution is 5.88. The molecule has 4 N–H and O–H groups in total. The SMILES string of the molecule is Cc1ccc(-c2cn([C@H]3[C@@H](O)[C@@H](CO)O[C@H](CC4CC(C5CCN(C(=O)O)CC5)=NO4)[C@@H]3O)nn2)c(F)c1F. The van der Waals surface area contributed by atoms with E-state index in [-0.39, 0.29) is 29.2 Å². The Morgan fingerprint density at radius 1 is 1.13 bits per heavy atom. The van der Waals surface area contributed by atoms with E-state index in [9.17, 15) is 28.9 Å². The number of carbonyl (C=O) groups is 1. The van der Waals surface area contributed by atoms with E-state index in [2.05, 4.69) is 15.5 Å². The van der Waals surface area contributed by atoms with Crippen molar-refractivity contribution >= 4 is 11.8 Å². The van der Waals surface area contributed by atoms with Gasteiger partial charge >= 0.3 is 6.09 Å². The highest BCUT2D eigenvalue weighted by Gasteiger charge is 2.47. The highest BCUT2D eigenvalue weighted by atomic mass is 19.2. The number of ether oxygens (including phenoxy) is 1. The maximum absolute atomic E-state index is 14.5. The van der Waals surface area contributed by atoms with Crippen molar-refractivity contribution in [2.24, 2.45) is 11.1 Å². The van der Waals surface area contributed by atoms with Gasteiger partial charge in [0.25, 0.3) is 0 Å². The number of amides is 1. The van der Waals surface area contributed by atoms with E-state index < -0.39 is 60.9 Å². The summed E-state index contributed by atoms with van der Waals surface area (Å²) in [5.41, 5.74) is 0.868. The summed E-state index contributed by atoms with van der Waals surface area (Å²) in [7, 11) is 0. The number of aliphatic hydroxyl groups excluding tert-OH is 3. The topological polar surface area (TPSA) is 163 Å². The molecule has 212 valence electrons. The molecule has 0 radical (unpaired) electrons. The molecular weight excluding hydrogens is 520 g/mol. The number of hydrogen-bond donors (Lipinski definition) is 4. The van der Waals surface area contributed by atoms with E-state index in [0.717, 1.165) is 5.71 Å². The number of nitrogens with zero attached hydrogens (tertiary/aromatic N) is 5. The molecule has 4 heterocycles. The zero-order valence-corrected chi connectivity index (χ0v) is 21.2. The molecule has 1 aromatic heterocycles. The normalized spacial score (nSPS) is 29.8. The van der Waals surface area contributed by atoms with Crippen LogP contribution in [0.2, 0.25) is 0 Å². The van der Waals surface area contributed by atoms with Gasteiger partial charge in [0.15, 0.2) is 11.6 Å². The van der Waals surface area contributed by atoms with Crippen molar-refractivity contribution in [3.05, 3.63) is 35.5 Å². The largest absolute Gasteiger partial charge is 0.465 e. The van der Waals surface area contributed by atoms with Gasteiger partial charge in [0.1, 0.15) is 36.2 Å². The molecule has 1 amide bonds. The van der Waals surface area contributed by atoms with Gasteiger partial charge in [0.2, 0.25) is 0 Å². The van der Waals surface area contributed by atoms with Gasteiger partial charge in [-0.3, -0.25) is 0 Å². The first-order chi connectivity index (χ1) is 18.7. The summed E-state index contributed by atoms with van der Waals surface area (Å²) in [5, 5.41) is 53.1. The van der Waals surface area contributed by atoms with Crippen LogP contribution < -0.4 is 0 Å². The van der Waals surface area contributed by atoms with Crippen LogP contribution in [0, 0.1) is 24.5 Å². The Morgan fingerprint density at radius 3 is 2.54 bits per heavy atom. The van der Waals surface area contributed by atoms with Gasteiger partial charge in [0, 0.05) is 37.4 Å². The van der Waals surface area contributed by atoms with E-state index in [4.69, 9.17) is 14.7 Å². The second kappa shape index (κ2) is 11.1. The number of likely N-dealkylation sites (tertiary alicyclic amines) is 1. The Hall–Kier alpha value is -3.20. The van der Waals surface area contributed by atoms with Crippen LogP contribution in [-0.4, -0.2) is 102 Å². The summed E-state index contributed by atoms with van der Waals surface area (Å²) >= 11 is 0. The standard InChI is InChI=1S/C25H31F2N5O7/c1-12-2-3-15(21(27)20(12)26)17-10-32(30-28-17)22-23(34)18(38-19(11-33)24(22)35)9-14-8-16(29-39-14)13-4-6-31(7-5-13)25(36)37/h2-3,10,13-14,18-19,22-24,33-35H,4-9,11H2,1H3,(H,36,37)/t14?,18-,19-,22-,23+,24+/m1/s1. The van der Waals surface area contributed by atoms with Crippen LogP contribution in [0.5, 0.6) is 0 Å². The summed E-state index contributed by atoms with van der Waals surface area (Å²) in [6.45, 7) is 1.75. The fourth-order valence-corrected chi connectivity index (χ4v) is 5.56. The number of aryl methyl sites for hydroxylation is 1. The number of carboxylic acid groups (broad SMARTS) is 1. The van der Waals surface area contributed by atoms with Gasteiger partial charge in [0.05, 0.1) is 24.6 Å². The quantitative estimate of drug-likeness (QED) is 0.417. The molecule has 1 unspecified atom stereocenters. The maximum atomic E-state index is 14.5. The minimum absolute atomic E-state index is 0.0144. The van der Waals surface area contributed by atoms with Gasteiger partial charge in [-0.15, -0.1) is 5.10 Å². The predicted molar refractivity (Wildman–Crippen MR) is 131 cm³/mol. The average Bonchev–Trinajstić information content (AvgIpc) is 3.59. The molecule has 12 nitrogen and oxygen atoms in total. The minimum Gasteiger partial charge on any atom is -0.465 e. The Kier molecular flexibility index (Phi) is 7.80. The molecule has 2 saturated heterocycles. The van der Waals surface area contributed by atoms with Crippen LogP contribution in [0.25, 0.3) is 11.3 Å². The number of aromatic nitrogens is 3. The third-order valence-electron chi connectivity index (χ3n) is 7.85. The summed E-state index contributed by atoms with van der Waals surface area (Å²) in [5.74, 6) is -1.98. The first-order valence-electron chi connectivity index (χ1n) is 12.9. The van der Waals surface area contributed by atoms with Gasteiger partial charge in [-0.1, -0.05) is 16.4 Å². The molecule has 1 aromatic carbocycles. The number of aliphatic hydroxyl groups is 3. The number of benzene rings is 1. The van der Waals surface area contributed by atoms with Crippen molar-refractivity contribution in [1.29, 1.82) is 0 Å². The van der Waals surface area contributed by atoms with E-state index in [1.165, 1.54) is 34.8 Å². The van der Waals surface area contributed by atoms with E-state index >= 15 is 0 Å². The third-order valence-corrected chi connectivity index (χ3v) is 7.85. The molecule has 39 heavy (non-hydrogen) atoms. The molecule has 0 spiro atoms. The van der Waals surface area contributed by atoms with Crippen molar-refractivity contribution in [1.82, 2.24) is 19.9 Å². The van der Waals surface area contributed by atoms with Gasteiger partial charge in [-0.05, 0) is 31.4 Å². The second-order valence-corrected chi connectivity index (χ2v) is 10.3. The maximum Gasteiger partial charge on any atom is 0.407 e. The first-order valence-corrected chi connectivity index (χ1v) is 12.9. The molecule has 6 atom stereocenters. The molecule has 0 bridgehead atoms. The average molecular weight is 552 g/mol. The van der Waals surface area contributed by atoms with Crippen molar-refractivity contribution in [3.63, 3.8) is 0 Å². The second-order valence-electron chi connectivity index (χ2n) is 10.3. The summed E-state index contributed by atoms with van der Waals surface area (Å²) in [6, 6.07) is 1.69. The lowest BCUT2D eigenvalue weighted by Gasteiger charge is -2.42. The summed E-state index contributed by atoms with van der Waals surface area (Å²) in [4.78, 5) is 18.1. The smallest absolute Gasteiger partial charge is 0.407 e. The van der Waals surface area contributed by atoms with Crippen LogP contribution >= 0.6 is 0 Å². The zero-order chi connectivity index (χ0) is 27.8. The van der Waals surface area contributed by atoms with Crippen LogP contribution in [0.1, 0.15) is 37.3 Å². The van der Waals surface area contributed by atoms with Crippen molar-refractivity contribution < 1.29 is 43.6 Å². The molecule has 3 aliphatic heterocycles. The van der Waals surface area contributed by atoms with Crippen LogP contribution in [0.3, 0.4) is 0 Å². The van der Waals surface area contributed by atoms with E-state index in [1.807, 2.05) is 0 Å². The van der Waals surface area contributed by atoms with Gasteiger partial charge < -0.3 is 34.9 Å². The Morgan fingerprint density at radius 2 is 1.85 bits per heavy atom. The van der Waals surface area contributed by atoms with Crippen molar-refractivity contribution in [2.45, 2.75) is 69.2 Å². The number of halogens is 2. The fraction of sp³-hybridized carbons (Fsp3) is 0.600. The molecule has 2 fully saturated rings. The Labute approximate surface area is 222 Å². The lowest BCUT2D eigenvalue weighted by Crippen LogP contribution is -2.56. The fourth-order valence-electron chi connectivity index (χ4n) is 5.56. The summed E-state index contributed by atoms with van der Waals surface area (Å²) in [6.07, 6.45) is -2.69. The zero-order valence-electron chi connectivity index (χ0n) is 21.2. The van der Waals surface area contributed by atoms with Gasteiger partial charge in [-0.25, -0.2) is 18.3 Å². The molecule has 0 aliphatic carbocycles. The third kappa shape index (κ3) is 5.33. The van der Waals surface area contributed by atoms with E-state index in [0.29, 0.717) is 32.4 Å². The minimum atomic E-state index is -1.37. The van der Waals surface area contributed by atoms with Crippen LogP contribution in [0.4, 0.5) is 13.6 Å². The molecule has 2 aromatic rings. The number of hydrogen-bond acceptors (Lipinski definition) is 9. The monoisotopic (exact) mass is 551 g/mol. The Balaban J connectivity index is 1.27. The molecule has 5 rings (SSSR count). The summed E-state index contributed by atoms with van der Waals surface area (Å²) < 4.78 is 35.6.